The molecular formula is C23H28N6O4. The summed E-state index contributed by atoms with van der Waals surface area (Å²) >= 11 is 0. The molecule has 33 heavy (non-hydrogen) atoms. The number of ether oxygens (including phenoxy) is 1. The Labute approximate surface area is 191 Å². The molecule has 0 bridgehead atoms. The van der Waals surface area contributed by atoms with Crippen LogP contribution in [0.1, 0.15) is 49.8 Å². The Bertz CT molecular complexity index is 1070. The number of methoxy groups -OCH3 is 1. The summed E-state index contributed by atoms with van der Waals surface area (Å²) in [5.41, 5.74) is 9.22. The molecule has 0 spiro atoms. The highest BCUT2D eigenvalue weighted by Crippen LogP contribution is 2.31. The van der Waals surface area contributed by atoms with E-state index >= 15 is 0 Å². The average molecular weight is 453 g/mol. The molecule has 4 rings (SSSR count). The summed E-state index contributed by atoms with van der Waals surface area (Å²) in [6.45, 7) is 1.66. The number of hydrogen-bond donors (Lipinski definition) is 5. The second-order valence-electron chi connectivity index (χ2n) is 8.37. The van der Waals surface area contributed by atoms with Crippen molar-refractivity contribution in [2.24, 2.45) is 10.8 Å². The van der Waals surface area contributed by atoms with Gasteiger partial charge in [-0.2, -0.15) is 5.10 Å². The number of nitrogens with one attached hydrogen (secondary N) is 3. The highest BCUT2D eigenvalue weighted by atomic mass is 16.5. The van der Waals surface area contributed by atoms with Gasteiger partial charge in [-0.15, -0.1) is 0 Å². The van der Waals surface area contributed by atoms with Crippen LogP contribution >= 0.6 is 0 Å². The summed E-state index contributed by atoms with van der Waals surface area (Å²) in [6.07, 6.45) is 3.99. The van der Waals surface area contributed by atoms with Crippen molar-refractivity contribution in [3.8, 4) is 0 Å². The summed E-state index contributed by atoms with van der Waals surface area (Å²) in [7, 11) is 1.30. The Morgan fingerprint density at radius 3 is 2.55 bits per heavy atom. The number of rotatable bonds is 4. The van der Waals surface area contributed by atoms with Gasteiger partial charge >= 0.3 is 12.0 Å². The average Bonchev–Trinajstić information content (AvgIpc) is 3.14. The SMILES string of the molecule is COC(=O)C1=C(C)NC(=O)NC1c1ccc(C2=NN(C3CCC(O)CC3)C(=N)/C2=C\N)cc1. The molecule has 2 heterocycles. The largest absolute Gasteiger partial charge is 0.466 e. The zero-order valence-corrected chi connectivity index (χ0v) is 18.6. The molecule has 2 aliphatic heterocycles. The number of amides is 2. The molecule has 2 amide bonds. The Morgan fingerprint density at radius 2 is 1.94 bits per heavy atom. The van der Waals surface area contributed by atoms with E-state index in [0.29, 0.717) is 41.0 Å². The van der Waals surface area contributed by atoms with E-state index in [4.69, 9.17) is 21.0 Å². The van der Waals surface area contributed by atoms with Crippen LogP contribution < -0.4 is 16.4 Å². The van der Waals surface area contributed by atoms with Crippen LogP contribution in [0.2, 0.25) is 0 Å². The van der Waals surface area contributed by atoms with Crippen molar-refractivity contribution in [3.63, 3.8) is 0 Å². The predicted octanol–water partition coefficient (Wildman–Crippen LogP) is 1.63. The molecule has 10 nitrogen and oxygen atoms in total. The molecule has 0 radical (unpaired) electrons. The third-order valence-electron chi connectivity index (χ3n) is 6.32. The van der Waals surface area contributed by atoms with Gasteiger partial charge < -0.3 is 26.2 Å². The van der Waals surface area contributed by atoms with Crippen LogP contribution in [0, 0.1) is 5.41 Å². The fraction of sp³-hybridized carbons (Fsp3) is 0.391. The number of hydrazone groups is 1. The first kappa shape index (κ1) is 22.5. The minimum absolute atomic E-state index is 0.0494. The minimum atomic E-state index is -0.654. The van der Waals surface area contributed by atoms with E-state index in [1.807, 2.05) is 24.3 Å². The molecule has 1 unspecified atom stereocenters. The number of carbonyl (C=O) groups excluding carboxylic acids is 2. The molecule has 0 aromatic heterocycles. The van der Waals surface area contributed by atoms with Crippen molar-refractivity contribution in [2.75, 3.05) is 7.11 Å². The number of nitrogens with zero attached hydrogens (tertiary/aromatic N) is 2. The summed E-state index contributed by atoms with van der Waals surface area (Å²) in [5.74, 6) is -0.278. The maximum atomic E-state index is 12.3. The van der Waals surface area contributed by atoms with Gasteiger partial charge in [0.15, 0.2) is 5.84 Å². The standard InChI is InChI=1S/C23H28N6O4/c1-12-18(22(31)33-2)20(27-23(32)26-12)14-5-3-13(4-6-14)19-17(11-24)21(25)29(28-19)15-7-9-16(30)10-8-15/h3-6,11,15-16,20,25,30H,7-10,24H2,1-2H3,(H2,26,27,32)/b17-11-,25-21?. The topological polar surface area (TPSA) is 153 Å². The van der Waals surface area contributed by atoms with Gasteiger partial charge in [-0.05, 0) is 38.2 Å². The van der Waals surface area contributed by atoms with E-state index in [1.165, 1.54) is 13.3 Å². The molecule has 1 saturated carbocycles. The molecule has 6 N–H and O–H groups in total. The van der Waals surface area contributed by atoms with Crippen molar-refractivity contribution in [3.05, 3.63) is 58.4 Å². The van der Waals surface area contributed by atoms with E-state index < -0.39 is 18.0 Å². The van der Waals surface area contributed by atoms with E-state index in [2.05, 4.69) is 10.6 Å². The molecule has 10 heteroatoms. The van der Waals surface area contributed by atoms with Gasteiger partial charge in [0, 0.05) is 17.5 Å². The Balaban J connectivity index is 1.62. The fourth-order valence-corrected chi connectivity index (χ4v) is 4.54. The first-order valence-corrected chi connectivity index (χ1v) is 10.9. The Kier molecular flexibility index (Phi) is 6.19. The number of urea groups is 1. The quantitative estimate of drug-likeness (QED) is 0.438. The van der Waals surface area contributed by atoms with Crippen LogP contribution in [0.5, 0.6) is 0 Å². The predicted molar refractivity (Wildman–Crippen MR) is 122 cm³/mol. The van der Waals surface area contributed by atoms with Crippen LogP contribution in [-0.2, 0) is 9.53 Å². The van der Waals surface area contributed by atoms with Crippen molar-refractivity contribution >= 4 is 23.5 Å². The van der Waals surface area contributed by atoms with Gasteiger partial charge in [-0.1, -0.05) is 24.3 Å². The molecular weight excluding hydrogens is 424 g/mol. The van der Waals surface area contributed by atoms with Crippen molar-refractivity contribution in [1.29, 1.82) is 5.41 Å². The lowest BCUT2D eigenvalue weighted by molar-refractivity contribution is -0.136. The first-order chi connectivity index (χ1) is 15.8. The van der Waals surface area contributed by atoms with Gasteiger partial charge in [-0.25, -0.2) is 14.6 Å². The van der Waals surface area contributed by atoms with Crippen LogP contribution in [0.15, 0.2) is 52.4 Å². The highest BCUT2D eigenvalue weighted by Gasteiger charge is 2.35. The summed E-state index contributed by atoms with van der Waals surface area (Å²) < 4.78 is 4.90. The highest BCUT2D eigenvalue weighted by molar-refractivity contribution is 6.31. The lowest BCUT2D eigenvalue weighted by Gasteiger charge is -2.31. The normalized spacial score (nSPS) is 26.8. The molecule has 174 valence electrons. The van der Waals surface area contributed by atoms with E-state index in [9.17, 15) is 14.7 Å². The number of carbonyl (C=O) groups is 2. The number of nitrogens with two attached hydrogens (primary N) is 1. The molecule has 0 saturated heterocycles. The fourth-order valence-electron chi connectivity index (χ4n) is 4.54. The maximum absolute atomic E-state index is 12.3. The molecule has 1 aromatic carbocycles. The number of allylic oxidation sites excluding steroid dienone is 1. The third kappa shape index (κ3) is 4.21. The summed E-state index contributed by atoms with van der Waals surface area (Å²) in [4.78, 5) is 24.3. The van der Waals surface area contributed by atoms with E-state index in [0.717, 1.165) is 18.4 Å². The number of aliphatic hydroxyl groups is 1. The van der Waals surface area contributed by atoms with Crippen molar-refractivity contribution in [2.45, 2.75) is 50.8 Å². The lowest BCUT2D eigenvalue weighted by atomic mass is 9.92. The maximum Gasteiger partial charge on any atom is 0.337 e. The van der Waals surface area contributed by atoms with Gasteiger partial charge in [0.05, 0.1) is 36.4 Å². The van der Waals surface area contributed by atoms with Crippen molar-refractivity contribution < 1.29 is 19.4 Å². The summed E-state index contributed by atoms with van der Waals surface area (Å²) in [5, 5.41) is 30.1. The number of aliphatic hydroxyl groups excluding tert-OH is 1. The Morgan fingerprint density at radius 1 is 1.27 bits per heavy atom. The van der Waals surface area contributed by atoms with Gasteiger partial charge in [0.1, 0.15) is 5.71 Å². The molecule has 1 atom stereocenters. The minimum Gasteiger partial charge on any atom is -0.466 e. The number of esters is 1. The smallest absolute Gasteiger partial charge is 0.337 e. The first-order valence-electron chi connectivity index (χ1n) is 10.9. The van der Waals surface area contributed by atoms with E-state index in [-0.39, 0.29) is 18.0 Å². The molecule has 1 fully saturated rings. The van der Waals surface area contributed by atoms with Gasteiger partial charge in [0.2, 0.25) is 0 Å². The van der Waals surface area contributed by atoms with Crippen LogP contribution in [0.4, 0.5) is 4.79 Å². The monoisotopic (exact) mass is 452 g/mol. The van der Waals surface area contributed by atoms with Crippen LogP contribution in [0.25, 0.3) is 0 Å². The van der Waals surface area contributed by atoms with Gasteiger partial charge in [-0.3, -0.25) is 5.41 Å². The number of amidine groups is 1. The third-order valence-corrected chi connectivity index (χ3v) is 6.32. The number of hydrogen-bond acceptors (Lipinski definition) is 7. The van der Waals surface area contributed by atoms with Crippen LogP contribution in [0.3, 0.4) is 0 Å². The van der Waals surface area contributed by atoms with E-state index in [1.54, 1.807) is 11.9 Å². The lowest BCUT2D eigenvalue weighted by Crippen LogP contribution is -2.45. The van der Waals surface area contributed by atoms with Gasteiger partial charge in [0.25, 0.3) is 0 Å². The molecule has 1 aromatic rings. The second kappa shape index (κ2) is 9.07. The Hall–Kier alpha value is -3.66. The zero-order chi connectivity index (χ0) is 23.7. The second-order valence-corrected chi connectivity index (χ2v) is 8.37. The zero-order valence-electron chi connectivity index (χ0n) is 18.6. The van der Waals surface area contributed by atoms with Crippen LogP contribution in [-0.4, -0.2) is 52.9 Å². The summed E-state index contributed by atoms with van der Waals surface area (Å²) in [6, 6.07) is 6.27. The molecule has 1 aliphatic carbocycles. The van der Waals surface area contributed by atoms with Crippen molar-refractivity contribution in [1.82, 2.24) is 15.6 Å². The molecule has 3 aliphatic rings. The number of benzene rings is 1.